The maximum absolute atomic E-state index is 13.5. The van der Waals surface area contributed by atoms with E-state index in [0.29, 0.717) is 17.5 Å². The molecular formula is C11H13FN2O2S. The first-order valence-corrected chi connectivity index (χ1v) is 6.51. The third kappa shape index (κ3) is 3.09. The number of halogens is 1. The van der Waals surface area contributed by atoms with Gasteiger partial charge in [-0.25, -0.2) is 4.39 Å². The SMILES string of the molecule is O=[N+]([O-])c1ccc(NCC2CCCS2)c(F)c1. The van der Waals surface area contributed by atoms with Gasteiger partial charge in [-0.15, -0.1) is 0 Å². The molecule has 1 saturated heterocycles. The summed E-state index contributed by atoms with van der Waals surface area (Å²) >= 11 is 1.88. The second-order valence-electron chi connectivity index (χ2n) is 3.94. The lowest BCUT2D eigenvalue weighted by Crippen LogP contribution is -2.14. The molecule has 0 bridgehead atoms. The van der Waals surface area contributed by atoms with Gasteiger partial charge in [0.25, 0.3) is 5.69 Å². The zero-order chi connectivity index (χ0) is 12.3. The molecular weight excluding hydrogens is 243 g/mol. The highest BCUT2D eigenvalue weighted by Crippen LogP contribution is 2.27. The van der Waals surface area contributed by atoms with Gasteiger partial charge in [0.1, 0.15) is 0 Å². The highest BCUT2D eigenvalue weighted by Gasteiger charge is 2.16. The Hall–Kier alpha value is -1.30. The van der Waals surface area contributed by atoms with Crippen LogP contribution in [0, 0.1) is 15.9 Å². The zero-order valence-corrected chi connectivity index (χ0v) is 10.0. The lowest BCUT2D eigenvalue weighted by molar-refractivity contribution is -0.385. The standard InChI is InChI=1S/C11H13FN2O2S/c12-10-6-8(14(15)16)3-4-11(10)13-7-9-2-1-5-17-9/h3-4,6,9,13H,1-2,5,7H2. The first-order valence-electron chi connectivity index (χ1n) is 5.46. The minimum absolute atomic E-state index is 0.219. The number of anilines is 1. The normalized spacial score (nSPS) is 19.2. The number of hydrogen-bond donors (Lipinski definition) is 1. The van der Waals surface area contributed by atoms with Gasteiger partial charge < -0.3 is 5.32 Å². The molecule has 1 unspecified atom stereocenters. The van der Waals surface area contributed by atoms with E-state index in [1.807, 2.05) is 11.8 Å². The molecule has 0 spiro atoms. The maximum Gasteiger partial charge on any atom is 0.272 e. The summed E-state index contributed by atoms with van der Waals surface area (Å²) in [7, 11) is 0. The quantitative estimate of drug-likeness (QED) is 0.664. The van der Waals surface area contributed by atoms with Crippen molar-refractivity contribution in [3.05, 3.63) is 34.1 Å². The van der Waals surface area contributed by atoms with E-state index in [4.69, 9.17) is 0 Å². The first-order chi connectivity index (χ1) is 8.16. The number of benzene rings is 1. The van der Waals surface area contributed by atoms with E-state index in [9.17, 15) is 14.5 Å². The summed E-state index contributed by atoms with van der Waals surface area (Å²) in [6.45, 7) is 0.708. The molecule has 1 aromatic carbocycles. The summed E-state index contributed by atoms with van der Waals surface area (Å²) in [5, 5.41) is 14.0. The van der Waals surface area contributed by atoms with Crippen LogP contribution in [0.1, 0.15) is 12.8 Å². The van der Waals surface area contributed by atoms with Crippen molar-refractivity contribution >= 4 is 23.1 Å². The van der Waals surface area contributed by atoms with E-state index >= 15 is 0 Å². The molecule has 0 amide bonds. The molecule has 6 heteroatoms. The molecule has 1 atom stereocenters. The van der Waals surface area contributed by atoms with E-state index in [2.05, 4.69) is 5.32 Å². The van der Waals surface area contributed by atoms with Gasteiger partial charge in [0.15, 0.2) is 5.82 Å². The number of nitrogens with one attached hydrogen (secondary N) is 1. The molecule has 17 heavy (non-hydrogen) atoms. The van der Waals surface area contributed by atoms with Crippen molar-refractivity contribution in [3.63, 3.8) is 0 Å². The Morgan fingerprint density at radius 1 is 1.59 bits per heavy atom. The highest BCUT2D eigenvalue weighted by molar-refractivity contribution is 8.00. The van der Waals surface area contributed by atoms with Crippen LogP contribution < -0.4 is 5.32 Å². The minimum Gasteiger partial charge on any atom is -0.382 e. The Morgan fingerprint density at radius 2 is 2.41 bits per heavy atom. The monoisotopic (exact) mass is 256 g/mol. The van der Waals surface area contributed by atoms with Crippen molar-refractivity contribution in [2.75, 3.05) is 17.6 Å². The molecule has 4 nitrogen and oxygen atoms in total. The molecule has 1 heterocycles. The van der Waals surface area contributed by atoms with Crippen LogP contribution in [0.3, 0.4) is 0 Å². The van der Waals surface area contributed by atoms with E-state index in [1.165, 1.54) is 18.6 Å². The third-order valence-corrected chi connectivity index (χ3v) is 4.11. The Balaban J connectivity index is 1.98. The fraction of sp³-hybridized carbons (Fsp3) is 0.455. The first kappa shape index (κ1) is 12.2. The number of nitro benzene ring substituents is 1. The Labute approximate surface area is 103 Å². The fourth-order valence-corrected chi connectivity index (χ4v) is 2.99. The number of thioether (sulfide) groups is 1. The fourth-order valence-electron chi connectivity index (χ4n) is 1.79. The molecule has 0 saturated carbocycles. The lowest BCUT2D eigenvalue weighted by atomic mass is 10.2. The average molecular weight is 256 g/mol. The van der Waals surface area contributed by atoms with E-state index in [-0.39, 0.29) is 5.69 Å². The van der Waals surface area contributed by atoms with Crippen LogP contribution in [-0.2, 0) is 0 Å². The number of hydrogen-bond acceptors (Lipinski definition) is 4. The van der Waals surface area contributed by atoms with Crippen molar-refractivity contribution in [1.29, 1.82) is 0 Å². The van der Waals surface area contributed by atoms with Gasteiger partial charge >= 0.3 is 0 Å². The smallest absolute Gasteiger partial charge is 0.272 e. The van der Waals surface area contributed by atoms with E-state index < -0.39 is 10.7 Å². The van der Waals surface area contributed by atoms with Gasteiger partial charge in [-0.2, -0.15) is 11.8 Å². The second-order valence-corrected chi connectivity index (χ2v) is 5.35. The summed E-state index contributed by atoms with van der Waals surface area (Å²) in [6.07, 6.45) is 2.35. The Bertz CT molecular complexity index is 422. The molecule has 1 aliphatic rings. The number of non-ortho nitro benzene ring substituents is 1. The average Bonchev–Trinajstić information content (AvgIpc) is 2.80. The molecule has 0 aliphatic carbocycles. The maximum atomic E-state index is 13.5. The van der Waals surface area contributed by atoms with Crippen LogP contribution in [-0.4, -0.2) is 22.5 Å². The summed E-state index contributed by atoms with van der Waals surface area (Å²) in [5.74, 6) is 0.594. The van der Waals surface area contributed by atoms with Crippen LogP contribution in [0.4, 0.5) is 15.8 Å². The van der Waals surface area contributed by atoms with Crippen LogP contribution in [0.15, 0.2) is 18.2 Å². The van der Waals surface area contributed by atoms with Crippen molar-refractivity contribution in [3.8, 4) is 0 Å². The van der Waals surface area contributed by atoms with Gasteiger partial charge in [0, 0.05) is 17.9 Å². The lowest BCUT2D eigenvalue weighted by Gasteiger charge is -2.11. The van der Waals surface area contributed by atoms with Gasteiger partial charge in [-0.05, 0) is 24.7 Å². The topological polar surface area (TPSA) is 55.2 Å². The minimum atomic E-state index is -0.598. The van der Waals surface area contributed by atoms with Crippen LogP contribution in [0.5, 0.6) is 0 Å². The third-order valence-electron chi connectivity index (χ3n) is 2.71. The second kappa shape index (κ2) is 5.35. The van der Waals surface area contributed by atoms with Gasteiger partial charge in [-0.1, -0.05) is 0 Å². The van der Waals surface area contributed by atoms with Crippen LogP contribution >= 0.6 is 11.8 Å². The Morgan fingerprint density at radius 3 is 3.00 bits per heavy atom. The number of nitro groups is 1. The molecule has 0 radical (unpaired) electrons. The predicted molar refractivity (Wildman–Crippen MR) is 67.0 cm³/mol. The van der Waals surface area contributed by atoms with E-state index in [0.717, 1.165) is 18.2 Å². The molecule has 2 rings (SSSR count). The van der Waals surface area contributed by atoms with Crippen LogP contribution in [0.2, 0.25) is 0 Å². The van der Waals surface area contributed by atoms with Crippen molar-refractivity contribution < 1.29 is 9.31 Å². The molecule has 1 aromatic rings. The number of nitrogens with zero attached hydrogens (tertiary/aromatic N) is 1. The van der Waals surface area contributed by atoms with Crippen molar-refractivity contribution in [2.24, 2.45) is 0 Å². The highest BCUT2D eigenvalue weighted by atomic mass is 32.2. The molecule has 92 valence electrons. The van der Waals surface area contributed by atoms with Crippen LogP contribution in [0.25, 0.3) is 0 Å². The van der Waals surface area contributed by atoms with Gasteiger partial charge in [-0.3, -0.25) is 10.1 Å². The predicted octanol–water partition coefficient (Wildman–Crippen LogP) is 3.04. The largest absolute Gasteiger partial charge is 0.382 e. The molecule has 1 fully saturated rings. The molecule has 1 aliphatic heterocycles. The van der Waals surface area contributed by atoms with E-state index in [1.54, 1.807) is 0 Å². The summed E-state index contributed by atoms with van der Waals surface area (Å²) in [5.41, 5.74) is 0.117. The summed E-state index contributed by atoms with van der Waals surface area (Å²) < 4.78 is 13.5. The number of rotatable bonds is 4. The zero-order valence-electron chi connectivity index (χ0n) is 9.19. The molecule has 0 aromatic heterocycles. The van der Waals surface area contributed by atoms with Crippen molar-refractivity contribution in [1.82, 2.24) is 0 Å². The van der Waals surface area contributed by atoms with Gasteiger partial charge in [0.2, 0.25) is 0 Å². The van der Waals surface area contributed by atoms with Crippen molar-refractivity contribution in [2.45, 2.75) is 18.1 Å². The summed E-state index contributed by atoms with van der Waals surface area (Å²) in [6, 6.07) is 3.68. The van der Waals surface area contributed by atoms with Gasteiger partial charge in [0.05, 0.1) is 16.7 Å². The Kier molecular flexibility index (Phi) is 3.83. The molecule has 1 N–H and O–H groups in total. The summed E-state index contributed by atoms with van der Waals surface area (Å²) in [4.78, 5) is 9.85.